The third-order valence-electron chi connectivity index (χ3n) is 3.19. The van der Waals surface area contributed by atoms with Crippen molar-refractivity contribution in [2.45, 2.75) is 46.6 Å². The summed E-state index contributed by atoms with van der Waals surface area (Å²) >= 11 is 1.35. The zero-order valence-corrected chi connectivity index (χ0v) is 14.6. The fourth-order valence-corrected chi connectivity index (χ4v) is 2.90. The Morgan fingerprint density at radius 1 is 1.35 bits per heavy atom. The predicted molar refractivity (Wildman–Crippen MR) is 87.4 cm³/mol. The molecule has 6 nitrogen and oxygen atoms in total. The highest BCUT2D eigenvalue weighted by Gasteiger charge is 2.17. The van der Waals surface area contributed by atoms with E-state index in [2.05, 4.69) is 29.3 Å². The first-order chi connectivity index (χ1) is 10.8. The summed E-state index contributed by atoms with van der Waals surface area (Å²) in [5.41, 5.74) is 0.830. The lowest BCUT2D eigenvalue weighted by Gasteiger charge is -2.08. The molecule has 1 amide bonds. The highest BCUT2D eigenvalue weighted by molar-refractivity contribution is 7.12. The van der Waals surface area contributed by atoms with Gasteiger partial charge in [0.2, 0.25) is 11.8 Å². The van der Waals surface area contributed by atoms with Crippen LogP contribution >= 0.6 is 11.3 Å². The Morgan fingerprint density at radius 3 is 2.70 bits per heavy atom. The molecule has 0 saturated heterocycles. The van der Waals surface area contributed by atoms with Crippen molar-refractivity contribution in [3.8, 4) is 0 Å². The van der Waals surface area contributed by atoms with Crippen LogP contribution in [0.15, 0.2) is 16.0 Å². The summed E-state index contributed by atoms with van der Waals surface area (Å²) < 4.78 is 5.20. The molecule has 1 atom stereocenters. The van der Waals surface area contributed by atoms with Crippen LogP contribution in [0.3, 0.4) is 0 Å². The van der Waals surface area contributed by atoms with Gasteiger partial charge >= 0.3 is 0 Å². The lowest BCUT2D eigenvalue weighted by Crippen LogP contribution is -2.28. The smallest absolute Gasteiger partial charge is 0.248 e. The third-order valence-corrected chi connectivity index (χ3v) is 4.27. The van der Waals surface area contributed by atoms with Crippen molar-refractivity contribution < 1.29 is 14.1 Å². The molecule has 0 fully saturated rings. The molecule has 23 heavy (non-hydrogen) atoms. The van der Waals surface area contributed by atoms with E-state index in [9.17, 15) is 9.59 Å². The Bertz CT molecular complexity index is 690. The van der Waals surface area contributed by atoms with Gasteiger partial charge in [-0.2, -0.15) is 4.98 Å². The lowest BCUT2D eigenvalue weighted by molar-refractivity contribution is -0.121. The van der Waals surface area contributed by atoms with Crippen LogP contribution < -0.4 is 5.32 Å². The molecule has 0 bridgehead atoms. The molecule has 0 aliphatic rings. The van der Waals surface area contributed by atoms with Crippen molar-refractivity contribution in [3.05, 3.63) is 33.6 Å². The Labute approximate surface area is 139 Å². The van der Waals surface area contributed by atoms with Crippen molar-refractivity contribution in [2.24, 2.45) is 5.92 Å². The highest BCUT2D eigenvalue weighted by atomic mass is 32.1. The Hall–Kier alpha value is -2.02. The molecule has 0 aromatic carbocycles. The number of rotatable bonds is 7. The molecule has 2 aromatic rings. The van der Waals surface area contributed by atoms with Crippen LogP contribution in [0.25, 0.3) is 0 Å². The van der Waals surface area contributed by atoms with Gasteiger partial charge in [0, 0.05) is 6.42 Å². The second kappa shape index (κ2) is 7.50. The van der Waals surface area contributed by atoms with Crippen molar-refractivity contribution in [2.75, 3.05) is 0 Å². The van der Waals surface area contributed by atoms with E-state index >= 15 is 0 Å². The summed E-state index contributed by atoms with van der Waals surface area (Å²) in [4.78, 5) is 28.3. The Kier molecular flexibility index (Phi) is 5.65. The topological polar surface area (TPSA) is 85.1 Å². The number of Topliss-reactive ketones (excluding diaryl/α,β-unsaturated/α-hetero) is 1. The van der Waals surface area contributed by atoms with Crippen LogP contribution in [0.1, 0.15) is 60.7 Å². The van der Waals surface area contributed by atoms with Crippen molar-refractivity contribution >= 4 is 23.0 Å². The summed E-state index contributed by atoms with van der Waals surface area (Å²) in [5, 5.41) is 8.58. The molecule has 2 heterocycles. The zero-order valence-electron chi connectivity index (χ0n) is 13.8. The molecule has 1 unspecified atom stereocenters. The van der Waals surface area contributed by atoms with Crippen LogP contribution in [0.5, 0.6) is 0 Å². The molecular weight excluding hydrogens is 314 g/mol. The van der Waals surface area contributed by atoms with Crippen molar-refractivity contribution in [1.82, 2.24) is 15.5 Å². The third kappa shape index (κ3) is 4.99. The first kappa shape index (κ1) is 17.3. The van der Waals surface area contributed by atoms with E-state index in [1.165, 1.54) is 18.3 Å². The van der Waals surface area contributed by atoms with Crippen LogP contribution in [0.4, 0.5) is 0 Å². The number of amides is 1. The lowest BCUT2D eigenvalue weighted by atomic mass is 10.1. The van der Waals surface area contributed by atoms with Gasteiger partial charge < -0.3 is 9.84 Å². The maximum absolute atomic E-state index is 12.1. The first-order valence-electron chi connectivity index (χ1n) is 7.55. The normalized spacial score (nSPS) is 12.4. The monoisotopic (exact) mass is 335 g/mol. The molecule has 2 aromatic heterocycles. The maximum atomic E-state index is 12.1. The number of carbonyl (C=O) groups excluding carboxylic acids is 2. The van der Waals surface area contributed by atoms with E-state index in [0.717, 1.165) is 12.0 Å². The number of hydrogen-bond donors (Lipinski definition) is 1. The first-order valence-corrected chi connectivity index (χ1v) is 8.43. The van der Waals surface area contributed by atoms with E-state index in [-0.39, 0.29) is 24.2 Å². The number of nitrogens with zero attached hydrogens (tertiary/aromatic N) is 2. The van der Waals surface area contributed by atoms with Crippen LogP contribution in [0.2, 0.25) is 0 Å². The van der Waals surface area contributed by atoms with Gasteiger partial charge in [-0.25, -0.2) is 0 Å². The van der Waals surface area contributed by atoms with E-state index in [1.54, 1.807) is 13.0 Å². The molecule has 0 spiro atoms. The SMILES string of the molecule is CC(=O)c1cc(CC(=O)NC(C)c2nc(CC(C)C)no2)cs1. The van der Waals surface area contributed by atoms with E-state index in [0.29, 0.717) is 22.5 Å². The number of thiophene rings is 1. The highest BCUT2D eigenvalue weighted by Crippen LogP contribution is 2.17. The average molecular weight is 335 g/mol. The quantitative estimate of drug-likeness (QED) is 0.786. The summed E-state index contributed by atoms with van der Waals surface area (Å²) in [5.74, 6) is 1.37. The minimum absolute atomic E-state index is 0.0126. The van der Waals surface area contributed by atoms with Gasteiger partial charge in [0.1, 0.15) is 6.04 Å². The number of carbonyl (C=O) groups is 2. The van der Waals surface area contributed by atoms with E-state index in [4.69, 9.17) is 4.52 Å². The Balaban J connectivity index is 1.91. The van der Waals surface area contributed by atoms with Crippen LogP contribution in [-0.4, -0.2) is 21.8 Å². The number of ketones is 1. The van der Waals surface area contributed by atoms with Gasteiger partial charge in [0.15, 0.2) is 11.6 Å². The molecule has 0 radical (unpaired) electrons. The van der Waals surface area contributed by atoms with Crippen molar-refractivity contribution in [1.29, 1.82) is 0 Å². The summed E-state index contributed by atoms with van der Waals surface area (Å²) in [6.45, 7) is 7.48. The summed E-state index contributed by atoms with van der Waals surface area (Å²) in [6, 6.07) is 1.41. The predicted octanol–water partition coefficient (Wildman–Crippen LogP) is 2.95. The minimum Gasteiger partial charge on any atom is -0.344 e. The maximum Gasteiger partial charge on any atom is 0.248 e. The van der Waals surface area contributed by atoms with E-state index in [1.807, 2.05) is 5.38 Å². The Morgan fingerprint density at radius 2 is 2.09 bits per heavy atom. The number of aromatic nitrogens is 2. The standard InChI is InChI=1S/C16H21N3O3S/c1-9(2)5-14-18-16(22-19-14)10(3)17-15(21)7-12-6-13(11(4)20)23-8-12/h6,8-10H,5,7H2,1-4H3,(H,17,21). The molecule has 2 rings (SSSR count). The fourth-order valence-electron chi connectivity index (χ4n) is 2.08. The van der Waals surface area contributed by atoms with Gasteiger partial charge in [-0.3, -0.25) is 9.59 Å². The fraction of sp³-hybridized carbons (Fsp3) is 0.500. The molecule has 7 heteroatoms. The van der Waals surface area contributed by atoms with Gasteiger partial charge in [0.05, 0.1) is 11.3 Å². The zero-order chi connectivity index (χ0) is 17.0. The molecule has 0 aliphatic carbocycles. The summed E-state index contributed by atoms with van der Waals surface area (Å²) in [7, 11) is 0. The average Bonchev–Trinajstić information content (AvgIpc) is 3.07. The number of hydrogen-bond acceptors (Lipinski definition) is 6. The van der Waals surface area contributed by atoms with Gasteiger partial charge in [0.25, 0.3) is 0 Å². The van der Waals surface area contributed by atoms with E-state index < -0.39 is 0 Å². The van der Waals surface area contributed by atoms with Crippen LogP contribution in [0, 0.1) is 5.92 Å². The van der Waals surface area contributed by atoms with Crippen molar-refractivity contribution in [3.63, 3.8) is 0 Å². The number of nitrogens with one attached hydrogen (secondary N) is 1. The molecule has 124 valence electrons. The molecule has 1 N–H and O–H groups in total. The summed E-state index contributed by atoms with van der Waals surface area (Å²) in [6.07, 6.45) is 0.966. The van der Waals surface area contributed by atoms with Gasteiger partial charge in [-0.05, 0) is 36.8 Å². The largest absolute Gasteiger partial charge is 0.344 e. The van der Waals surface area contributed by atoms with Gasteiger partial charge in [-0.15, -0.1) is 11.3 Å². The molecule has 0 saturated carbocycles. The molecule has 0 aliphatic heterocycles. The minimum atomic E-state index is -0.346. The second-order valence-corrected chi connectivity index (χ2v) is 6.90. The second-order valence-electron chi connectivity index (χ2n) is 5.99. The van der Waals surface area contributed by atoms with Crippen LogP contribution in [-0.2, 0) is 17.6 Å². The van der Waals surface area contributed by atoms with Gasteiger partial charge in [-0.1, -0.05) is 19.0 Å². The molecular formula is C16H21N3O3S.